The molecule has 5 rings (SSSR count). The van der Waals surface area contributed by atoms with Gasteiger partial charge in [-0.25, -0.2) is 0 Å². The van der Waals surface area contributed by atoms with E-state index in [0.29, 0.717) is 39.1 Å². The Morgan fingerprint density at radius 3 is 2.69 bits per heavy atom. The number of piperazine rings is 1. The smallest absolute Gasteiger partial charge is 0.269 e. The molecule has 2 amide bonds. The van der Waals surface area contributed by atoms with E-state index in [0.717, 1.165) is 42.9 Å². The van der Waals surface area contributed by atoms with E-state index in [1.54, 1.807) is 18.3 Å². The van der Waals surface area contributed by atoms with Crippen LogP contribution in [-0.4, -0.2) is 76.8 Å². The van der Waals surface area contributed by atoms with Crippen molar-refractivity contribution in [1.29, 1.82) is 0 Å². The number of likely N-dealkylation sites (tertiary alicyclic amines) is 1. The van der Waals surface area contributed by atoms with E-state index < -0.39 is 10.8 Å². The lowest BCUT2D eigenvalue weighted by Crippen LogP contribution is -2.62. The minimum atomic E-state index is -0.398. The summed E-state index contributed by atoms with van der Waals surface area (Å²) in [6.07, 6.45) is 4.23. The Kier molecular flexibility index (Phi) is 6.63. The van der Waals surface area contributed by atoms with E-state index >= 15 is 0 Å². The summed E-state index contributed by atoms with van der Waals surface area (Å²) in [6, 6.07) is 10.4. The molecule has 4 heterocycles. The van der Waals surface area contributed by atoms with Gasteiger partial charge in [-0.15, -0.1) is 0 Å². The normalized spacial score (nSPS) is 21.8. The fraction of sp³-hybridized carbons (Fsp3) is 0.480. The van der Waals surface area contributed by atoms with Crippen LogP contribution in [0, 0.1) is 16.0 Å². The molecule has 0 bridgehead atoms. The quantitative estimate of drug-likeness (QED) is 0.496. The topological polar surface area (TPSA) is 112 Å². The lowest BCUT2D eigenvalue weighted by molar-refractivity contribution is -0.384. The van der Waals surface area contributed by atoms with Crippen molar-refractivity contribution in [2.45, 2.75) is 31.8 Å². The number of nitro benzene ring substituents is 1. The number of rotatable bonds is 6. The molecular weight excluding hydrogens is 448 g/mol. The van der Waals surface area contributed by atoms with Crippen molar-refractivity contribution in [3.05, 3.63) is 64.0 Å². The molecule has 35 heavy (non-hydrogen) atoms. The van der Waals surface area contributed by atoms with Gasteiger partial charge in [0.15, 0.2) is 0 Å². The van der Waals surface area contributed by atoms with Crippen molar-refractivity contribution in [1.82, 2.24) is 20.1 Å². The van der Waals surface area contributed by atoms with Crippen molar-refractivity contribution in [2.24, 2.45) is 5.92 Å². The number of nitro groups is 1. The van der Waals surface area contributed by atoms with Crippen LogP contribution in [0.15, 0.2) is 42.6 Å². The van der Waals surface area contributed by atoms with Gasteiger partial charge >= 0.3 is 0 Å². The predicted molar refractivity (Wildman–Crippen MR) is 130 cm³/mol. The second-order valence-corrected chi connectivity index (χ2v) is 9.50. The second-order valence-electron chi connectivity index (χ2n) is 9.50. The number of benzene rings is 1. The molecular formula is C25H30N6O4. The molecule has 1 N–H and O–H groups in total. The fourth-order valence-corrected chi connectivity index (χ4v) is 5.50. The maximum atomic E-state index is 13.4. The van der Waals surface area contributed by atoms with Crippen molar-refractivity contribution in [3.8, 4) is 0 Å². The molecule has 10 nitrogen and oxygen atoms in total. The van der Waals surface area contributed by atoms with Gasteiger partial charge in [0.2, 0.25) is 11.8 Å². The summed E-state index contributed by atoms with van der Waals surface area (Å²) in [7, 11) is 0. The molecule has 2 saturated heterocycles. The second kappa shape index (κ2) is 9.99. The Hall–Kier alpha value is -3.53. The number of fused-ring (bicyclic) bond motifs is 3. The number of carbonyl (C=O) groups is 2. The molecule has 10 heteroatoms. The number of anilines is 1. The summed E-state index contributed by atoms with van der Waals surface area (Å²) < 4.78 is 0. The van der Waals surface area contributed by atoms with Crippen LogP contribution in [0.4, 0.5) is 11.4 Å². The predicted octanol–water partition coefficient (Wildman–Crippen LogP) is 1.59. The minimum absolute atomic E-state index is 0.0321. The third-order valence-electron chi connectivity index (χ3n) is 7.31. The van der Waals surface area contributed by atoms with Crippen LogP contribution in [0.1, 0.15) is 24.1 Å². The summed E-state index contributed by atoms with van der Waals surface area (Å²) >= 11 is 0. The largest absolute Gasteiger partial charge is 0.365 e. The molecule has 0 saturated carbocycles. The molecule has 2 fully saturated rings. The van der Waals surface area contributed by atoms with Crippen molar-refractivity contribution in [3.63, 3.8) is 0 Å². The fourth-order valence-electron chi connectivity index (χ4n) is 5.50. The molecule has 0 spiro atoms. The number of aromatic nitrogens is 1. The van der Waals surface area contributed by atoms with Gasteiger partial charge in [0.05, 0.1) is 35.7 Å². The monoisotopic (exact) mass is 478 g/mol. The molecule has 3 aliphatic rings. The summed E-state index contributed by atoms with van der Waals surface area (Å²) in [6.45, 7) is 4.29. The number of pyridine rings is 1. The number of nitrogens with zero attached hydrogens (tertiary/aromatic N) is 5. The Labute approximate surface area is 204 Å². The molecule has 184 valence electrons. The molecule has 0 unspecified atom stereocenters. The first-order valence-corrected chi connectivity index (χ1v) is 12.2. The molecule has 2 atom stereocenters. The first-order valence-electron chi connectivity index (χ1n) is 12.2. The van der Waals surface area contributed by atoms with E-state index in [4.69, 9.17) is 0 Å². The summed E-state index contributed by atoms with van der Waals surface area (Å²) in [5.41, 5.74) is 2.56. The third kappa shape index (κ3) is 4.97. The number of non-ortho nitro benzene ring substituents is 1. The van der Waals surface area contributed by atoms with E-state index in [1.807, 2.05) is 23.1 Å². The van der Waals surface area contributed by atoms with Gasteiger partial charge in [0.1, 0.15) is 0 Å². The highest BCUT2D eigenvalue weighted by Gasteiger charge is 2.42. The van der Waals surface area contributed by atoms with Crippen LogP contribution in [0.2, 0.25) is 0 Å². The maximum absolute atomic E-state index is 13.4. The van der Waals surface area contributed by atoms with Crippen LogP contribution in [0.5, 0.6) is 0 Å². The maximum Gasteiger partial charge on any atom is 0.269 e. The zero-order valence-electron chi connectivity index (χ0n) is 19.6. The van der Waals surface area contributed by atoms with Gasteiger partial charge in [0.25, 0.3) is 5.69 Å². The summed E-state index contributed by atoms with van der Waals surface area (Å²) in [4.78, 5) is 47.7. The zero-order valence-corrected chi connectivity index (χ0v) is 19.6. The zero-order chi connectivity index (χ0) is 24.4. The molecule has 2 aromatic rings. The van der Waals surface area contributed by atoms with Crippen LogP contribution in [-0.2, 0) is 22.6 Å². The van der Waals surface area contributed by atoms with E-state index in [-0.39, 0.29) is 23.5 Å². The highest BCUT2D eigenvalue weighted by atomic mass is 16.6. The standard InChI is InChI=1S/C25H30N6O4/c32-24(29-9-3-4-10-29)17-28-11-12-30-22-7-6-20(31(34)35)13-18(22)14-21(23(30)16-28)25(33)27-15-19-5-1-2-8-26-19/h1-2,5-8,13,21,23H,3-4,9-12,14-17H2,(H,27,33)/t21-,23-/m1/s1. The van der Waals surface area contributed by atoms with E-state index in [9.17, 15) is 19.7 Å². The van der Waals surface area contributed by atoms with Crippen LogP contribution in [0.3, 0.4) is 0 Å². The number of carbonyl (C=O) groups excluding carboxylic acids is 2. The lowest BCUT2D eigenvalue weighted by atomic mass is 9.83. The molecule has 3 aliphatic heterocycles. The van der Waals surface area contributed by atoms with E-state index in [1.165, 1.54) is 6.07 Å². The van der Waals surface area contributed by atoms with Crippen molar-refractivity contribution >= 4 is 23.2 Å². The average Bonchev–Trinajstić information content (AvgIpc) is 3.42. The average molecular weight is 479 g/mol. The van der Waals surface area contributed by atoms with Crippen LogP contribution < -0.4 is 10.2 Å². The Morgan fingerprint density at radius 2 is 1.94 bits per heavy atom. The SMILES string of the molecule is O=C(NCc1ccccn1)[C@@H]1Cc2cc([N+](=O)[O-])ccc2N2CCN(CC(=O)N3CCCC3)C[C@H]12. The lowest BCUT2D eigenvalue weighted by Gasteiger charge is -2.49. The highest BCUT2D eigenvalue weighted by molar-refractivity contribution is 5.82. The van der Waals surface area contributed by atoms with Gasteiger partial charge in [0, 0.05) is 56.7 Å². The van der Waals surface area contributed by atoms with Crippen LogP contribution >= 0.6 is 0 Å². The highest BCUT2D eigenvalue weighted by Crippen LogP contribution is 2.38. The summed E-state index contributed by atoms with van der Waals surface area (Å²) in [5.74, 6) is -0.340. The van der Waals surface area contributed by atoms with Crippen molar-refractivity contribution < 1.29 is 14.5 Å². The van der Waals surface area contributed by atoms with Gasteiger partial charge in [-0.1, -0.05) is 6.07 Å². The molecule has 1 aromatic heterocycles. The number of nitrogens with one attached hydrogen (secondary N) is 1. The van der Waals surface area contributed by atoms with E-state index in [2.05, 4.69) is 20.1 Å². The molecule has 0 radical (unpaired) electrons. The first kappa shape index (κ1) is 23.2. The molecule has 1 aromatic carbocycles. The Bertz CT molecular complexity index is 1100. The van der Waals surface area contributed by atoms with Gasteiger partial charge in [-0.2, -0.15) is 0 Å². The summed E-state index contributed by atoms with van der Waals surface area (Å²) in [5, 5.41) is 14.4. The molecule has 0 aliphatic carbocycles. The van der Waals surface area contributed by atoms with Gasteiger partial charge < -0.3 is 15.1 Å². The number of amides is 2. The minimum Gasteiger partial charge on any atom is -0.365 e. The van der Waals surface area contributed by atoms with Gasteiger partial charge in [-0.05, 0) is 43.0 Å². The number of hydrogen-bond acceptors (Lipinski definition) is 7. The van der Waals surface area contributed by atoms with Crippen LogP contribution in [0.25, 0.3) is 0 Å². The number of hydrogen-bond donors (Lipinski definition) is 1. The first-order chi connectivity index (χ1) is 17.0. The Morgan fingerprint density at radius 1 is 1.11 bits per heavy atom. The third-order valence-corrected chi connectivity index (χ3v) is 7.31. The van der Waals surface area contributed by atoms with Gasteiger partial charge in [-0.3, -0.25) is 29.6 Å². The Balaban J connectivity index is 1.36. The van der Waals surface area contributed by atoms with Crippen molar-refractivity contribution in [2.75, 3.05) is 44.2 Å².